The molecule has 0 bridgehead atoms. The van der Waals surface area contributed by atoms with Crippen LogP contribution in [0.2, 0.25) is 9.88 Å². The quantitative estimate of drug-likeness (QED) is 0.480. The Morgan fingerprint density at radius 1 is 1.50 bits per heavy atom. The summed E-state index contributed by atoms with van der Waals surface area (Å²) in [5.74, 6) is 1.20. The van der Waals surface area contributed by atoms with Crippen molar-refractivity contribution in [3.8, 4) is 0 Å². The van der Waals surface area contributed by atoms with Gasteiger partial charge in [-0.3, -0.25) is 0 Å². The van der Waals surface area contributed by atoms with E-state index < -0.39 is 0 Å². The molecule has 0 atom stereocenters. The third kappa shape index (κ3) is 7.24. The van der Waals surface area contributed by atoms with Gasteiger partial charge in [0.25, 0.3) is 0 Å². The monoisotopic (exact) mass is 254 g/mol. The van der Waals surface area contributed by atoms with E-state index in [0.29, 0.717) is 0 Å². The Morgan fingerprint density at radius 2 is 2.12 bits per heavy atom. The number of hydrogen-bond donors (Lipinski definition) is 0. The summed E-state index contributed by atoms with van der Waals surface area (Å²) >= 11 is 0.230. The molecule has 0 spiro atoms. The molecule has 0 aliphatic carbocycles. The van der Waals surface area contributed by atoms with Gasteiger partial charge in [0.1, 0.15) is 0 Å². The van der Waals surface area contributed by atoms with Crippen LogP contribution in [0.15, 0.2) is 11.5 Å². The van der Waals surface area contributed by atoms with Crippen LogP contribution < -0.4 is 0 Å². The van der Waals surface area contributed by atoms with Crippen LogP contribution in [0.5, 0.6) is 0 Å². The molecule has 1 aliphatic rings. The number of hydrogen-bond acceptors (Lipinski definition) is 2. The second-order valence-corrected chi connectivity index (χ2v) is 6.42. The first-order valence-electron chi connectivity index (χ1n) is 2.43. The molecule has 1 heterocycles. The van der Waals surface area contributed by atoms with Crippen LogP contribution in [0.3, 0.4) is 0 Å². The van der Waals surface area contributed by atoms with E-state index in [9.17, 15) is 0 Å². The van der Waals surface area contributed by atoms with Gasteiger partial charge in [0.2, 0.25) is 0 Å². The molecule has 0 nitrogen and oxygen atoms in total. The van der Waals surface area contributed by atoms with Crippen LogP contribution in [0.4, 0.5) is 0 Å². The molecule has 0 aromatic carbocycles. The van der Waals surface area contributed by atoms with Gasteiger partial charge < -0.3 is 0 Å². The molecular formula is C5H10S2Sn. The Bertz CT molecular complexity index is 57.4. The second-order valence-electron chi connectivity index (χ2n) is 1.25. The molecule has 0 N–H and O–H groups in total. The second kappa shape index (κ2) is 8.24. The predicted octanol–water partition coefficient (Wildman–Crippen LogP) is 2.68. The summed E-state index contributed by atoms with van der Waals surface area (Å²) in [7, 11) is 3.69. The van der Waals surface area contributed by atoms with Gasteiger partial charge in [-0.1, -0.05) is 27.7 Å². The first-order chi connectivity index (χ1) is 3.91. The maximum atomic E-state index is 2.30. The third-order valence-corrected chi connectivity index (χ3v) is 2.30. The maximum absolute atomic E-state index is 2.30. The Morgan fingerprint density at radius 3 is 2.25 bits per heavy atom. The van der Waals surface area contributed by atoms with Crippen molar-refractivity contribution in [1.29, 1.82) is 0 Å². The van der Waals surface area contributed by atoms with Crippen LogP contribution in [0.1, 0.15) is 0 Å². The summed E-state index contributed by atoms with van der Waals surface area (Å²) in [5.41, 5.74) is 0. The van der Waals surface area contributed by atoms with Gasteiger partial charge in [0.05, 0.1) is 0 Å². The molecule has 46 valence electrons. The van der Waals surface area contributed by atoms with E-state index in [2.05, 4.69) is 21.4 Å². The molecule has 8 heavy (non-hydrogen) atoms. The zero-order valence-electron chi connectivity index (χ0n) is 5.18. The molecule has 0 saturated heterocycles. The van der Waals surface area contributed by atoms with Crippen molar-refractivity contribution < 1.29 is 0 Å². The van der Waals surface area contributed by atoms with Gasteiger partial charge in [0.15, 0.2) is 0 Å². The third-order valence-electron chi connectivity index (χ3n) is 0.384. The molecule has 0 aromatic heterocycles. The fourth-order valence-corrected chi connectivity index (χ4v) is 1.77. The van der Waals surface area contributed by atoms with E-state index in [-0.39, 0.29) is 21.1 Å². The Labute approximate surface area is 69.5 Å². The fraction of sp³-hybridized carbons (Fsp3) is 0.600. The van der Waals surface area contributed by atoms with E-state index in [4.69, 9.17) is 0 Å². The minimum atomic E-state index is 0.230. The van der Waals surface area contributed by atoms with Crippen molar-refractivity contribution in [2.75, 3.05) is 5.75 Å². The summed E-state index contributed by atoms with van der Waals surface area (Å²) in [6.07, 6.45) is 2.16. The van der Waals surface area contributed by atoms with E-state index in [1.165, 1.54) is 5.75 Å². The SMILES string of the molecule is C1=CSSC1.[CH3][Sn][CH3]. The van der Waals surface area contributed by atoms with Crippen LogP contribution in [-0.4, -0.2) is 26.9 Å². The molecule has 0 fully saturated rings. The molecule has 2 radical (unpaired) electrons. The molecule has 1 rings (SSSR count). The van der Waals surface area contributed by atoms with Gasteiger partial charge in [-0.15, -0.1) is 0 Å². The van der Waals surface area contributed by atoms with Crippen LogP contribution in [0, 0.1) is 0 Å². The van der Waals surface area contributed by atoms with Crippen molar-refractivity contribution in [1.82, 2.24) is 0 Å². The minimum absolute atomic E-state index is 0.230. The summed E-state index contributed by atoms with van der Waals surface area (Å²) in [6, 6.07) is 0. The van der Waals surface area contributed by atoms with Gasteiger partial charge in [-0.25, -0.2) is 0 Å². The average molecular weight is 253 g/mol. The van der Waals surface area contributed by atoms with Gasteiger partial charge in [-0.2, -0.15) is 0 Å². The first kappa shape index (κ1) is 9.24. The summed E-state index contributed by atoms with van der Waals surface area (Å²) in [5, 5.41) is 2.12. The van der Waals surface area contributed by atoms with E-state index in [0.717, 1.165) is 0 Å². The van der Waals surface area contributed by atoms with Crippen molar-refractivity contribution in [2.45, 2.75) is 9.88 Å². The summed E-state index contributed by atoms with van der Waals surface area (Å²) in [6.45, 7) is 0. The average Bonchev–Trinajstić information content (AvgIpc) is 2.17. The van der Waals surface area contributed by atoms with Crippen LogP contribution >= 0.6 is 21.6 Å². The number of rotatable bonds is 0. The van der Waals surface area contributed by atoms with Crippen molar-refractivity contribution >= 4 is 42.7 Å². The predicted molar refractivity (Wildman–Crippen MR) is 46.7 cm³/mol. The van der Waals surface area contributed by atoms with E-state index in [1.807, 2.05) is 21.6 Å². The fourth-order valence-electron chi connectivity index (χ4n) is 0.196. The Kier molecular flexibility index (Phi) is 9.51. The van der Waals surface area contributed by atoms with E-state index >= 15 is 0 Å². The van der Waals surface area contributed by atoms with Crippen molar-refractivity contribution in [3.63, 3.8) is 0 Å². The Hall–Kier alpha value is 1.24. The van der Waals surface area contributed by atoms with E-state index in [1.54, 1.807) is 0 Å². The summed E-state index contributed by atoms with van der Waals surface area (Å²) in [4.78, 5) is 4.59. The van der Waals surface area contributed by atoms with Crippen LogP contribution in [-0.2, 0) is 0 Å². The van der Waals surface area contributed by atoms with Crippen molar-refractivity contribution in [2.24, 2.45) is 0 Å². The molecule has 0 amide bonds. The Balaban J connectivity index is 0.000000145. The van der Waals surface area contributed by atoms with Gasteiger partial charge in [-0.05, 0) is 5.41 Å². The van der Waals surface area contributed by atoms with Gasteiger partial charge >= 0.3 is 31.0 Å². The molecule has 0 saturated carbocycles. The molecule has 3 heteroatoms. The topological polar surface area (TPSA) is 0 Å². The van der Waals surface area contributed by atoms with Crippen molar-refractivity contribution in [3.05, 3.63) is 11.5 Å². The summed E-state index contributed by atoms with van der Waals surface area (Å²) < 4.78 is 0. The zero-order valence-corrected chi connectivity index (χ0v) is 9.67. The van der Waals surface area contributed by atoms with Crippen LogP contribution in [0.25, 0.3) is 0 Å². The zero-order chi connectivity index (χ0) is 6.24. The normalized spacial score (nSPS) is 15.2. The van der Waals surface area contributed by atoms with Gasteiger partial charge in [0, 0.05) is 5.75 Å². The molecular weight excluding hydrogens is 243 g/mol. The molecule has 0 unspecified atom stereocenters. The molecule has 1 aliphatic heterocycles. The first-order valence-corrected chi connectivity index (χ1v) is 10.5. The standard InChI is InChI=1S/C3H4S2.2CH3.Sn/c1-2-4-5-3-1;;;/h1-2H,3H2;2*1H3;. The molecule has 0 aromatic rings.